The van der Waals surface area contributed by atoms with E-state index in [2.05, 4.69) is 12.1 Å². The van der Waals surface area contributed by atoms with Crippen LogP contribution in [0.2, 0.25) is 5.02 Å². The number of carboxylic acids is 2. The van der Waals surface area contributed by atoms with Crippen LogP contribution in [0, 0.1) is 0 Å². The Balaban J connectivity index is 0.000000359. The number of aliphatic hydroxyl groups is 1. The van der Waals surface area contributed by atoms with Gasteiger partial charge >= 0.3 is 11.9 Å². The van der Waals surface area contributed by atoms with Crippen LogP contribution in [0.1, 0.15) is 44.1 Å². The maximum Gasteiger partial charge on any atom is 0.328 e. The smallest absolute Gasteiger partial charge is 0.328 e. The molecular formula is C19H26ClNO5. The second-order valence-corrected chi connectivity index (χ2v) is 6.79. The molecule has 0 spiro atoms. The highest BCUT2D eigenvalue weighted by Gasteiger charge is 2.43. The highest BCUT2D eigenvalue weighted by Crippen LogP contribution is 2.47. The van der Waals surface area contributed by atoms with Crippen LogP contribution in [-0.2, 0) is 15.0 Å². The van der Waals surface area contributed by atoms with E-state index in [1.807, 2.05) is 12.1 Å². The number of hydrogen-bond acceptors (Lipinski definition) is 4. The van der Waals surface area contributed by atoms with E-state index in [-0.39, 0.29) is 18.1 Å². The van der Waals surface area contributed by atoms with Crippen molar-refractivity contribution in [1.82, 2.24) is 0 Å². The van der Waals surface area contributed by atoms with Gasteiger partial charge in [0.1, 0.15) is 0 Å². The highest BCUT2D eigenvalue weighted by atomic mass is 35.5. The number of carbonyl (C=O) groups is 2. The molecule has 1 aromatic rings. The van der Waals surface area contributed by atoms with Crippen molar-refractivity contribution in [3.05, 3.63) is 47.0 Å². The first-order chi connectivity index (χ1) is 12.3. The molecule has 6 nitrogen and oxygen atoms in total. The van der Waals surface area contributed by atoms with Gasteiger partial charge in [0.05, 0.1) is 0 Å². The lowest BCUT2D eigenvalue weighted by atomic mass is 9.59. The third kappa shape index (κ3) is 6.78. The molecule has 0 saturated heterocycles. The third-order valence-electron chi connectivity index (χ3n) is 4.67. The Bertz CT molecular complexity index is 595. The van der Waals surface area contributed by atoms with Crippen molar-refractivity contribution in [2.45, 2.75) is 50.0 Å². The van der Waals surface area contributed by atoms with Gasteiger partial charge in [0.15, 0.2) is 0 Å². The molecule has 2 rings (SSSR count). The van der Waals surface area contributed by atoms with Crippen LogP contribution in [0.15, 0.2) is 36.4 Å². The maximum atomic E-state index is 9.55. The number of nitrogens with two attached hydrogens (primary N) is 1. The fourth-order valence-electron chi connectivity index (χ4n) is 3.11. The van der Waals surface area contributed by atoms with Gasteiger partial charge in [-0.05, 0) is 49.8 Å². The first-order valence-electron chi connectivity index (χ1n) is 8.58. The summed E-state index contributed by atoms with van der Waals surface area (Å²) in [6.45, 7) is 0.265. The second-order valence-electron chi connectivity index (χ2n) is 6.35. The Morgan fingerprint density at radius 2 is 1.65 bits per heavy atom. The van der Waals surface area contributed by atoms with Gasteiger partial charge in [-0.1, -0.05) is 30.2 Å². The molecule has 5 N–H and O–H groups in total. The lowest BCUT2D eigenvalue weighted by Gasteiger charge is -2.47. The minimum absolute atomic E-state index is 0.153. The van der Waals surface area contributed by atoms with Crippen LogP contribution in [0.4, 0.5) is 0 Å². The van der Waals surface area contributed by atoms with E-state index in [0.29, 0.717) is 12.2 Å². The summed E-state index contributed by atoms with van der Waals surface area (Å²) in [7, 11) is 0. The third-order valence-corrected chi connectivity index (χ3v) is 4.92. The number of carboxylic acid groups (broad SMARTS) is 2. The molecule has 1 aliphatic carbocycles. The molecule has 0 bridgehead atoms. The monoisotopic (exact) mass is 383 g/mol. The van der Waals surface area contributed by atoms with Gasteiger partial charge in [-0.25, -0.2) is 9.59 Å². The molecule has 26 heavy (non-hydrogen) atoms. The van der Waals surface area contributed by atoms with E-state index in [9.17, 15) is 9.59 Å². The van der Waals surface area contributed by atoms with Gasteiger partial charge in [-0.15, -0.1) is 0 Å². The molecule has 1 aliphatic rings. The van der Waals surface area contributed by atoms with Crippen molar-refractivity contribution in [1.29, 1.82) is 0 Å². The Hall–Kier alpha value is -1.89. The van der Waals surface area contributed by atoms with Gasteiger partial charge in [-0.3, -0.25) is 0 Å². The summed E-state index contributed by atoms with van der Waals surface area (Å²) in [6.07, 6.45) is 7.57. The topological polar surface area (TPSA) is 121 Å². The van der Waals surface area contributed by atoms with Gasteiger partial charge in [0, 0.05) is 35.2 Å². The number of rotatable bonds is 8. The van der Waals surface area contributed by atoms with Crippen LogP contribution in [0.25, 0.3) is 0 Å². The Kier molecular flexibility index (Phi) is 9.34. The predicted octanol–water partition coefficient (Wildman–Crippen LogP) is 2.96. The van der Waals surface area contributed by atoms with Crippen LogP contribution in [0.3, 0.4) is 0 Å². The van der Waals surface area contributed by atoms with Crippen LogP contribution in [-0.4, -0.2) is 39.9 Å². The molecule has 1 fully saturated rings. The van der Waals surface area contributed by atoms with Gasteiger partial charge in [0.25, 0.3) is 0 Å². The summed E-state index contributed by atoms with van der Waals surface area (Å²) in [5, 5.41) is 25.2. The van der Waals surface area contributed by atoms with E-state index >= 15 is 0 Å². The molecule has 1 saturated carbocycles. The average molecular weight is 384 g/mol. The van der Waals surface area contributed by atoms with Gasteiger partial charge in [-0.2, -0.15) is 0 Å². The summed E-state index contributed by atoms with van der Waals surface area (Å²) in [5.74, 6) is -2.51. The number of hydrogen-bond donors (Lipinski definition) is 4. The Morgan fingerprint density at radius 3 is 2.04 bits per heavy atom. The van der Waals surface area contributed by atoms with Crippen molar-refractivity contribution in [2.24, 2.45) is 5.73 Å². The van der Waals surface area contributed by atoms with Crippen molar-refractivity contribution >= 4 is 23.5 Å². The summed E-state index contributed by atoms with van der Waals surface area (Å²) in [6, 6.07) is 8.34. The van der Waals surface area contributed by atoms with Crippen molar-refractivity contribution in [2.75, 3.05) is 6.61 Å². The molecule has 1 unspecified atom stereocenters. The average Bonchev–Trinajstić information content (AvgIpc) is 2.54. The summed E-state index contributed by atoms with van der Waals surface area (Å²) >= 11 is 5.95. The maximum absolute atomic E-state index is 9.55. The number of benzene rings is 1. The number of aliphatic carboxylic acids is 2. The van der Waals surface area contributed by atoms with E-state index < -0.39 is 11.9 Å². The summed E-state index contributed by atoms with van der Waals surface area (Å²) in [5.41, 5.74) is 7.89. The molecule has 0 aromatic heterocycles. The number of aliphatic hydroxyl groups excluding tert-OH is 1. The highest BCUT2D eigenvalue weighted by molar-refractivity contribution is 6.30. The zero-order valence-electron chi connectivity index (χ0n) is 14.6. The molecule has 0 radical (unpaired) electrons. The fraction of sp³-hybridized carbons (Fsp3) is 0.474. The molecule has 0 amide bonds. The predicted molar refractivity (Wildman–Crippen MR) is 100 cm³/mol. The van der Waals surface area contributed by atoms with E-state index in [1.165, 1.54) is 24.8 Å². The van der Waals surface area contributed by atoms with Crippen molar-refractivity contribution in [3.8, 4) is 0 Å². The standard InChI is InChI=1S/C15H22ClNO.C4H4O4/c16-13-7-5-12(6-8-13)15(9-3-10-15)14(17)4-1-2-11-18;5-3(6)1-2-4(7)8/h5-8,14,18H,1-4,9-11,17H2;1-2H,(H,5,6)(H,7,8). The lowest BCUT2D eigenvalue weighted by Crippen LogP contribution is -2.50. The molecule has 144 valence electrons. The minimum atomic E-state index is -1.26. The van der Waals surface area contributed by atoms with Crippen LogP contribution in [0.5, 0.6) is 0 Å². The molecule has 7 heteroatoms. The van der Waals surface area contributed by atoms with Gasteiger partial charge < -0.3 is 21.1 Å². The summed E-state index contributed by atoms with van der Waals surface area (Å²) < 4.78 is 0. The van der Waals surface area contributed by atoms with E-state index in [1.54, 1.807) is 0 Å². The molecule has 1 aromatic carbocycles. The quantitative estimate of drug-likeness (QED) is 0.404. The largest absolute Gasteiger partial charge is 0.478 e. The molecule has 0 heterocycles. The number of unbranched alkanes of at least 4 members (excludes halogenated alkanes) is 1. The van der Waals surface area contributed by atoms with Crippen molar-refractivity contribution in [3.63, 3.8) is 0 Å². The number of halogens is 1. The lowest BCUT2D eigenvalue weighted by molar-refractivity contribution is -0.134. The second kappa shape index (κ2) is 11.0. The van der Waals surface area contributed by atoms with Crippen molar-refractivity contribution < 1.29 is 24.9 Å². The van der Waals surface area contributed by atoms with Crippen LogP contribution < -0.4 is 5.73 Å². The van der Waals surface area contributed by atoms with Gasteiger partial charge in [0.2, 0.25) is 0 Å². The molecule has 1 atom stereocenters. The first-order valence-corrected chi connectivity index (χ1v) is 8.96. The molecule has 0 aliphatic heterocycles. The Labute approximate surface area is 158 Å². The zero-order valence-corrected chi connectivity index (χ0v) is 15.4. The van der Waals surface area contributed by atoms with E-state index in [0.717, 1.165) is 24.3 Å². The Morgan fingerprint density at radius 1 is 1.12 bits per heavy atom. The zero-order chi connectivity index (χ0) is 19.6. The fourth-order valence-corrected chi connectivity index (χ4v) is 3.23. The normalized spacial score (nSPS) is 16.3. The molecular weight excluding hydrogens is 358 g/mol. The SMILES string of the molecule is NC(CCCCO)C1(c2ccc(Cl)cc2)CCC1.O=C(O)C=CC(=O)O. The first kappa shape index (κ1) is 22.2. The minimum Gasteiger partial charge on any atom is -0.478 e. The van der Waals surface area contributed by atoms with E-state index in [4.69, 9.17) is 32.7 Å². The summed E-state index contributed by atoms with van der Waals surface area (Å²) in [4.78, 5) is 19.1. The van der Waals surface area contributed by atoms with Crippen LogP contribution >= 0.6 is 11.6 Å².